The summed E-state index contributed by atoms with van der Waals surface area (Å²) in [5.74, 6) is 0. The first-order chi connectivity index (χ1) is 5.00. The van der Waals surface area contributed by atoms with Crippen molar-refractivity contribution in [2.45, 2.75) is 52.7 Å². The molecule has 0 aromatic heterocycles. The van der Waals surface area contributed by atoms with Crippen LogP contribution in [0.25, 0.3) is 0 Å². The molecule has 68 valence electrons. The van der Waals surface area contributed by atoms with Crippen LogP contribution in [0.3, 0.4) is 0 Å². The second kappa shape index (κ2) is 4.73. The zero-order chi connectivity index (χ0) is 9.02. The molecule has 1 unspecified atom stereocenters. The number of rotatable bonds is 4. The summed E-state index contributed by atoms with van der Waals surface area (Å²) in [6.45, 7) is 11.8. The van der Waals surface area contributed by atoms with E-state index in [2.05, 4.69) is 39.5 Å². The van der Waals surface area contributed by atoms with Gasteiger partial charge >= 0.3 is 0 Å². The summed E-state index contributed by atoms with van der Waals surface area (Å²) in [6.07, 6.45) is 0. The number of hydrogen-bond acceptors (Lipinski definition) is 2. The predicted molar refractivity (Wildman–Crippen MR) is 50.6 cm³/mol. The maximum Gasteiger partial charge on any atom is 0.0195 e. The van der Waals surface area contributed by atoms with Crippen molar-refractivity contribution >= 4 is 0 Å². The van der Waals surface area contributed by atoms with Gasteiger partial charge in [0.1, 0.15) is 0 Å². The Morgan fingerprint density at radius 1 is 1.00 bits per heavy atom. The molecule has 0 aromatic rings. The van der Waals surface area contributed by atoms with E-state index in [4.69, 9.17) is 5.73 Å². The highest BCUT2D eigenvalue weighted by atomic mass is 15.2. The van der Waals surface area contributed by atoms with Gasteiger partial charge < -0.3 is 5.73 Å². The van der Waals surface area contributed by atoms with E-state index in [0.717, 1.165) is 6.54 Å². The molecule has 11 heavy (non-hydrogen) atoms. The van der Waals surface area contributed by atoms with Crippen LogP contribution in [0.4, 0.5) is 0 Å². The second-order valence-corrected chi connectivity index (χ2v) is 3.72. The molecular weight excluding hydrogens is 136 g/mol. The van der Waals surface area contributed by atoms with Gasteiger partial charge in [0.05, 0.1) is 0 Å². The average Bonchev–Trinajstić information content (AvgIpc) is 1.85. The molecular formula is C9H22N2. The fraction of sp³-hybridized carbons (Fsp3) is 1.00. The van der Waals surface area contributed by atoms with Crippen molar-refractivity contribution in [1.82, 2.24) is 4.90 Å². The Bertz CT molecular complexity index is 91.7. The van der Waals surface area contributed by atoms with Crippen LogP contribution in [0.5, 0.6) is 0 Å². The van der Waals surface area contributed by atoms with Crippen LogP contribution in [0.2, 0.25) is 0 Å². The van der Waals surface area contributed by atoms with Crippen LogP contribution >= 0.6 is 0 Å². The average molecular weight is 158 g/mol. The van der Waals surface area contributed by atoms with Crippen molar-refractivity contribution in [2.24, 2.45) is 5.73 Å². The first-order valence-electron chi connectivity index (χ1n) is 4.48. The second-order valence-electron chi connectivity index (χ2n) is 3.72. The molecule has 0 fully saturated rings. The van der Waals surface area contributed by atoms with Crippen molar-refractivity contribution in [3.05, 3.63) is 0 Å². The van der Waals surface area contributed by atoms with Crippen LogP contribution in [0.15, 0.2) is 0 Å². The van der Waals surface area contributed by atoms with Gasteiger partial charge in [0.25, 0.3) is 0 Å². The van der Waals surface area contributed by atoms with E-state index in [1.54, 1.807) is 0 Å². The molecule has 2 heteroatoms. The van der Waals surface area contributed by atoms with Crippen LogP contribution < -0.4 is 5.73 Å². The third kappa shape index (κ3) is 3.21. The van der Waals surface area contributed by atoms with Gasteiger partial charge in [-0.1, -0.05) is 0 Å². The van der Waals surface area contributed by atoms with E-state index in [0.29, 0.717) is 18.1 Å². The zero-order valence-electron chi connectivity index (χ0n) is 8.46. The summed E-state index contributed by atoms with van der Waals surface area (Å²) >= 11 is 0. The molecule has 0 spiro atoms. The normalized spacial score (nSPS) is 15.0. The molecule has 0 aromatic carbocycles. The molecule has 0 radical (unpaired) electrons. The molecule has 0 amide bonds. The van der Waals surface area contributed by atoms with Crippen LogP contribution in [0, 0.1) is 0 Å². The van der Waals surface area contributed by atoms with E-state index in [1.807, 2.05) is 0 Å². The Labute approximate surface area is 70.8 Å². The van der Waals surface area contributed by atoms with Crippen molar-refractivity contribution in [3.8, 4) is 0 Å². The Morgan fingerprint density at radius 3 is 1.45 bits per heavy atom. The third-order valence-corrected chi connectivity index (χ3v) is 2.04. The van der Waals surface area contributed by atoms with E-state index < -0.39 is 0 Å². The minimum absolute atomic E-state index is 0.495. The van der Waals surface area contributed by atoms with Gasteiger partial charge in [-0.25, -0.2) is 0 Å². The first-order valence-corrected chi connectivity index (χ1v) is 4.48. The molecule has 0 aliphatic rings. The number of nitrogens with zero attached hydrogens (tertiary/aromatic N) is 1. The molecule has 0 saturated carbocycles. The lowest BCUT2D eigenvalue weighted by Gasteiger charge is -2.35. The highest BCUT2D eigenvalue weighted by Crippen LogP contribution is 2.08. The van der Waals surface area contributed by atoms with Gasteiger partial charge in [-0.05, 0) is 34.6 Å². The van der Waals surface area contributed by atoms with Crippen LogP contribution in [0.1, 0.15) is 34.6 Å². The zero-order valence-corrected chi connectivity index (χ0v) is 8.46. The largest absolute Gasteiger partial charge is 0.329 e. The molecule has 0 saturated heterocycles. The summed E-state index contributed by atoms with van der Waals surface area (Å²) in [7, 11) is 0. The van der Waals surface area contributed by atoms with Crippen LogP contribution in [-0.4, -0.2) is 29.6 Å². The Hall–Kier alpha value is -0.0800. The number of hydrogen-bond donors (Lipinski definition) is 1. The van der Waals surface area contributed by atoms with E-state index in [9.17, 15) is 0 Å². The van der Waals surface area contributed by atoms with Crippen LogP contribution in [-0.2, 0) is 0 Å². The maximum atomic E-state index is 5.61. The summed E-state index contributed by atoms with van der Waals surface area (Å²) in [4.78, 5) is 2.43. The van der Waals surface area contributed by atoms with E-state index >= 15 is 0 Å². The molecule has 1 atom stereocenters. The summed E-state index contributed by atoms with van der Waals surface area (Å²) in [5.41, 5.74) is 5.61. The summed E-state index contributed by atoms with van der Waals surface area (Å²) in [5, 5.41) is 0. The minimum Gasteiger partial charge on any atom is -0.329 e. The Morgan fingerprint density at radius 2 is 1.36 bits per heavy atom. The molecule has 2 N–H and O–H groups in total. The van der Waals surface area contributed by atoms with Crippen molar-refractivity contribution in [3.63, 3.8) is 0 Å². The van der Waals surface area contributed by atoms with Gasteiger partial charge in [-0.3, -0.25) is 4.90 Å². The lowest BCUT2D eigenvalue weighted by Crippen LogP contribution is -2.46. The van der Waals surface area contributed by atoms with Crippen molar-refractivity contribution in [2.75, 3.05) is 6.54 Å². The molecule has 0 rings (SSSR count). The standard InChI is InChI=1S/C9H22N2/c1-7(2)11(8(3)4)9(5)6-10/h7-9H,6,10H2,1-5H3. The molecule has 0 bridgehead atoms. The van der Waals surface area contributed by atoms with Gasteiger partial charge in [-0.15, -0.1) is 0 Å². The quantitative estimate of drug-likeness (QED) is 0.671. The van der Waals surface area contributed by atoms with Gasteiger partial charge in [0.15, 0.2) is 0 Å². The van der Waals surface area contributed by atoms with Gasteiger partial charge in [0.2, 0.25) is 0 Å². The summed E-state index contributed by atoms with van der Waals surface area (Å²) < 4.78 is 0. The molecule has 0 aliphatic carbocycles. The number of nitrogens with two attached hydrogens (primary N) is 1. The topological polar surface area (TPSA) is 29.3 Å². The highest BCUT2D eigenvalue weighted by Gasteiger charge is 2.18. The van der Waals surface area contributed by atoms with E-state index in [-0.39, 0.29) is 0 Å². The molecule has 0 heterocycles. The first kappa shape index (κ1) is 10.9. The molecule has 0 aliphatic heterocycles. The lowest BCUT2D eigenvalue weighted by molar-refractivity contribution is 0.126. The molecule has 2 nitrogen and oxygen atoms in total. The lowest BCUT2D eigenvalue weighted by atomic mass is 10.1. The highest BCUT2D eigenvalue weighted by molar-refractivity contribution is 4.74. The maximum absolute atomic E-state index is 5.61. The third-order valence-electron chi connectivity index (χ3n) is 2.04. The smallest absolute Gasteiger partial charge is 0.0195 e. The Balaban J connectivity index is 4.09. The SMILES string of the molecule is CC(C)N(C(C)C)C(C)CN. The fourth-order valence-electron chi connectivity index (χ4n) is 1.74. The minimum atomic E-state index is 0.495. The summed E-state index contributed by atoms with van der Waals surface area (Å²) in [6, 6.07) is 1.68. The van der Waals surface area contributed by atoms with Crippen molar-refractivity contribution in [1.29, 1.82) is 0 Å². The Kier molecular flexibility index (Phi) is 4.69. The monoisotopic (exact) mass is 158 g/mol. The van der Waals surface area contributed by atoms with Crippen molar-refractivity contribution < 1.29 is 0 Å². The van der Waals surface area contributed by atoms with Gasteiger partial charge in [0, 0.05) is 24.7 Å². The van der Waals surface area contributed by atoms with E-state index in [1.165, 1.54) is 0 Å². The fourth-order valence-corrected chi connectivity index (χ4v) is 1.74. The van der Waals surface area contributed by atoms with Gasteiger partial charge in [-0.2, -0.15) is 0 Å². The predicted octanol–water partition coefficient (Wildman–Crippen LogP) is 1.45.